The summed E-state index contributed by atoms with van der Waals surface area (Å²) in [6.07, 6.45) is 1.91. The highest BCUT2D eigenvalue weighted by Gasteiger charge is 2.68. The second-order valence-corrected chi connectivity index (χ2v) is 11.4. The number of hydroxylamine groups is 2. The maximum Gasteiger partial charge on any atom is 0.257 e. The van der Waals surface area contributed by atoms with Gasteiger partial charge in [-0.2, -0.15) is 5.06 Å². The fraction of sp³-hybridized carbons (Fsp3) is 0.379. The van der Waals surface area contributed by atoms with E-state index in [1.807, 2.05) is 0 Å². The summed E-state index contributed by atoms with van der Waals surface area (Å²) in [7, 11) is 2.81. The summed E-state index contributed by atoms with van der Waals surface area (Å²) in [4.78, 5) is 55.2. The molecule has 1 saturated carbocycles. The average molecular weight is 585 g/mol. The van der Waals surface area contributed by atoms with Gasteiger partial charge in [0.15, 0.2) is 0 Å². The molecule has 2 aromatic rings. The molecule has 2 N–H and O–H groups in total. The van der Waals surface area contributed by atoms with E-state index < -0.39 is 64.5 Å². The van der Waals surface area contributed by atoms with Gasteiger partial charge >= 0.3 is 0 Å². The van der Waals surface area contributed by atoms with Gasteiger partial charge in [0.1, 0.15) is 23.1 Å². The number of phenolic OH excluding ortho intramolecular Hbond substituents is 1. The quantitative estimate of drug-likeness (QED) is 0.315. The molecule has 2 aliphatic heterocycles. The SMILES string of the molecule is COc1cc(O)c([C@H]2C3=CC[C@@H]4C(=O)N(O)C(=O)[C@@H]4[C@@H]3C[C@H]3C(=O)N(c4ccc(F)c(Cl)c4)C(=O)[C@@]23C)c(OC)c1. The van der Waals surface area contributed by atoms with Crippen molar-refractivity contribution in [1.29, 1.82) is 0 Å². The lowest BCUT2D eigenvalue weighted by atomic mass is 9.51. The highest BCUT2D eigenvalue weighted by molar-refractivity contribution is 6.31. The fourth-order valence-electron chi connectivity index (χ4n) is 7.34. The number of carbonyl (C=O) groups excluding carboxylic acids is 4. The van der Waals surface area contributed by atoms with Crippen molar-refractivity contribution in [3.63, 3.8) is 0 Å². The van der Waals surface area contributed by atoms with Gasteiger partial charge in [0, 0.05) is 23.6 Å². The molecule has 0 spiro atoms. The number of phenols is 1. The van der Waals surface area contributed by atoms with Crippen molar-refractivity contribution in [3.05, 3.63) is 58.4 Å². The zero-order valence-corrected chi connectivity index (χ0v) is 23.0. The Hall–Kier alpha value is -3.96. The average Bonchev–Trinajstić information content (AvgIpc) is 3.29. The normalized spacial score (nSPS) is 30.7. The van der Waals surface area contributed by atoms with Crippen molar-refractivity contribution in [3.8, 4) is 17.2 Å². The van der Waals surface area contributed by atoms with Gasteiger partial charge in [-0.15, -0.1) is 0 Å². The second-order valence-electron chi connectivity index (χ2n) is 11.0. The summed E-state index contributed by atoms with van der Waals surface area (Å²) < 4.78 is 24.9. The molecule has 6 rings (SSSR count). The molecule has 214 valence electrons. The summed E-state index contributed by atoms with van der Waals surface area (Å²) in [5.41, 5.74) is -0.611. The molecule has 2 aromatic carbocycles. The highest BCUT2D eigenvalue weighted by atomic mass is 35.5. The van der Waals surface area contributed by atoms with Crippen LogP contribution in [0.3, 0.4) is 0 Å². The van der Waals surface area contributed by atoms with E-state index in [2.05, 4.69) is 0 Å². The molecule has 3 fully saturated rings. The third kappa shape index (κ3) is 3.58. The molecular weight excluding hydrogens is 559 g/mol. The van der Waals surface area contributed by atoms with E-state index in [0.717, 1.165) is 11.0 Å². The molecule has 0 bridgehead atoms. The summed E-state index contributed by atoms with van der Waals surface area (Å²) in [5, 5.41) is 21.4. The summed E-state index contributed by atoms with van der Waals surface area (Å²) in [6, 6.07) is 6.44. The number of nitrogens with zero attached hydrogens (tertiary/aromatic N) is 2. The van der Waals surface area contributed by atoms with Crippen LogP contribution in [0.15, 0.2) is 42.0 Å². The van der Waals surface area contributed by atoms with Crippen LogP contribution in [0.1, 0.15) is 31.2 Å². The smallest absolute Gasteiger partial charge is 0.257 e. The first-order valence-electron chi connectivity index (χ1n) is 13.0. The number of anilines is 1. The predicted molar refractivity (Wildman–Crippen MR) is 141 cm³/mol. The summed E-state index contributed by atoms with van der Waals surface area (Å²) >= 11 is 6.00. The van der Waals surface area contributed by atoms with Crippen molar-refractivity contribution >= 4 is 40.9 Å². The maximum atomic E-state index is 14.4. The van der Waals surface area contributed by atoms with Crippen molar-refractivity contribution in [1.82, 2.24) is 5.06 Å². The zero-order chi connectivity index (χ0) is 29.5. The zero-order valence-electron chi connectivity index (χ0n) is 22.3. The number of ether oxygens (including phenoxy) is 2. The number of hydrogen-bond donors (Lipinski definition) is 2. The van der Waals surface area contributed by atoms with Gasteiger partial charge in [0.05, 0.1) is 48.1 Å². The van der Waals surface area contributed by atoms with E-state index in [-0.39, 0.29) is 45.7 Å². The number of hydrogen-bond acceptors (Lipinski definition) is 8. The Kier molecular flexibility index (Phi) is 6.16. The minimum absolute atomic E-state index is 0.0299. The number of methoxy groups -OCH3 is 2. The largest absolute Gasteiger partial charge is 0.507 e. The molecule has 4 aliphatic rings. The van der Waals surface area contributed by atoms with E-state index in [9.17, 15) is 33.9 Å². The van der Waals surface area contributed by atoms with Crippen molar-refractivity contribution < 1.29 is 43.4 Å². The van der Waals surface area contributed by atoms with Gasteiger partial charge in [-0.05, 0) is 43.9 Å². The molecule has 12 heteroatoms. The van der Waals surface area contributed by atoms with Crippen molar-refractivity contribution in [2.24, 2.45) is 29.1 Å². The Balaban J connectivity index is 1.59. The van der Waals surface area contributed by atoms with Crippen LogP contribution in [0.4, 0.5) is 10.1 Å². The molecule has 41 heavy (non-hydrogen) atoms. The Morgan fingerprint density at radius 2 is 1.76 bits per heavy atom. The number of carbonyl (C=O) groups is 4. The Morgan fingerprint density at radius 1 is 1.02 bits per heavy atom. The second kappa shape index (κ2) is 9.28. The number of allylic oxidation sites excluding steroid dienone is 2. The highest BCUT2D eigenvalue weighted by Crippen LogP contribution is 2.65. The van der Waals surface area contributed by atoms with Crippen LogP contribution in [0, 0.1) is 34.9 Å². The Bertz CT molecular complexity index is 1580. The van der Waals surface area contributed by atoms with Crippen molar-refractivity contribution in [2.75, 3.05) is 19.1 Å². The van der Waals surface area contributed by atoms with E-state index in [4.69, 9.17) is 21.1 Å². The van der Waals surface area contributed by atoms with Gasteiger partial charge < -0.3 is 14.6 Å². The lowest BCUT2D eigenvalue weighted by Gasteiger charge is -2.49. The molecule has 10 nitrogen and oxygen atoms in total. The first kappa shape index (κ1) is 27.2. The Labute approximate surface area is 238 Å². The van der Waals surface area contributed by atoms with E-state index in [1.54, 1.807) is 19.1 Å². The van der Waals surface area contributed by atoms with Gasteiger partial charge in [0.2, 0.25) is 11.8 Å². The van der Waals surface area contributed by atoms with Crippen LogP contribution < -0.4 is 14.4 Å². The molecule has 2 saturated heterocycles. The van der Waals surface area contributed by atoms with Crippen LogP contribution >= 0.6 is 11.6 Å². The van der Waals surface area contributed by atoms with E-state index in [1.165, 1.54) is 32.4 Å². The minimum Gasteiger partial charge on any atom is -0.507 e. The molecule has 2 heterocycles. The minimum atomic E-state index is -1.49. The number of amides is 4. The molecule has 6 atom stereocenters. The van der Waals surface area contributed by atoms with E-state index >= 15 is 0 Å². The number of rotatable bonds is 4. The molecule has 0 radical (unpaired) electrons. The summed E-state index contributed by atoms with van der Waals surface area (Å²) in [5.74, 6) is -7.63. The van der Waals surface area contributed by atoms with Gasteiger partial charge in [-0.3, -0.25) is 24.4 Å². The summed E-state index contributed by atoms with van der Waals surface area (Å²) in [6.45, 7) is 1.62. The molecule has 0 unspecified atom stereocenters. The first-order valence-corrected chi connectivity index (χ1v) is 13.4. The number of aromatic hydroxyl groups is 1. The monoisotopic (exact) mass is 584 g/mol. The van der Waals surface area contributed by atoms with Crippen LogP contribution in [-0.4, -0.2) is 53.2 Å². The fourth-order valence-corrected chi connectivity index (χ4v) is 7.52. The topological polar surface area (TPSA) is 134 Å². The van der Waals surface area contributed by atoms with Crippen LogP contribution in [0.25, 0.3) is 0 Å². The lowest BCUT2D eigenvalue weighted by Crippen LogP contribution is -2.49. The molecule has 2 aliphatic carbocycles. The van der Waals surface area contributed by atoms with Gasteiger partial charge in [-0.1, -0.05) is 23.3 Å². The number of benzene rings is 2. The van der Waals surface area contributed by atoms with Crippen molar-refractivity contribution in [2.45, 2.75) is 25.7 Å². The number of fused-ring (bicyclic) bond motifs is 4. The molecule has 4 amide bonds. The molecular formula is C29H26ClFN2O8. The lowest BCUT2D eigenvalue weighted by molar-refractivity contribution is -0.173. The number of imide groups is 2. The molecule has 0 aromatic heterocycles. The predicted octanol–water partition coefficient (Wildman–Crippen LogP) is 3.82. The van der Waals surface area contributed by atoms with Gasteiger partial charge in [0.25, 0.3) is 11.8 Å². The van der Waals surface area contributed by atoms with E-state index in [0.29, 0.717) is 11.3 Å². The third-order valence-electron chi connectivity index (χ3n) is 9.25. The van der Waals surface area contributed by atoms with Crippen LogP contribution in [-0.2, 0) is 19.2 Å². The number of halogens is 2. The Morgan fingerprint density at radius 3 is 2.41 bits per heavy atom. The maximum absolute atomic E-state index is 14.4. The van der Waals surface area contributed by atoms with Crippen LogP contribution in [0.5, 0.6) is 17.2 Å². The standard InChI is InChI=1S/C29H26ClFN2O8/c1-29-17(26(36)32(28(29)38)12-4-7-19(31)18(30)8-12)11-16-14(5-6-15-22(16)27(37)33(39)25(15)35)24(29)23-20(34)9-13(40-2)10-21(23)41-3/h4-5,7-10,15-17,22,24,34,39H,6,11H2,1-3H3/t15-,16+,17-,22-,24+,29+/m0/s1. The van der Waals surface area contributed by atoms with Crippen LogP contribution in [0.2, 0.25) is 5.02 Å². The van der Waals surface area contributed by atoms with Gasteiger partial charge in [-0.25, -0.2) is 9.29 Å². The third-order valence-corrected chi connectivity index (χ3v) is 9.54. The first-order chi connectivity index (χ1) is 19.4.